The summed E-state index contributed by atoms with van der Waals surface area (Å²) in [5.74, 6) is 0.965. The maximum atomic E-state index is 12.8. The molecule has 3 rings (SSSR count). The molecule has 1 fully saturated rings. The van der Waals surface area contributed by atoms with E-state index in [1.165, 1.54) is 61.6 Å². The number of fused-ring (bicyclic) bond motifs is 1. The van der Waals surface area contributed by atoms with Crippen molar-refractivity contribution in [2.45, 2.75) is 70.9 Å². The van der Waals surface area contributed by atoms with Gasteiger partial charge >= 0.3 is 0 Å². The van der Waals surface area contributed by atoms with Crippen LogP contribution in [0.15, 0.2) is 18.2 Å². The Labute approximate surface area is 177 Å². The summed E-state index contributed by atoms with van der Waals surface area (Å²) in [4.78, 5) is 15.2. The predicted octanol–water partition coefficient (Wildman–Crippen LogP) is 3.87. The average Bonchev–Trinajstić information content (AvgIpc) is 2.71. The van der Waals surface area contributed by atoms with Crippen molar-refractivity contribution in [2.75, 3.05) is 26.7 Å². The monoisotopic (exact) mass is 407 g/mol. The molecule has 4 nitrogen and oxygen atoms in total. The second-order valence-corrected chi connectivity index (χ2v) is 8.51. The van der Waals surface area contributed by atoms with E-state index in [9.17, 15) is 4.79 Å². The van der Waals surface area contributed by atoms with Crippen LogP contribution in [-0.4, -0.2) is 43.5 Å². The van der Waals surface area contributed by atoms with Gasteiger partial charge in [-0.3, -0.25) is 9.69 Å². The van der Waals surface area contributed by atoms with Crippen LogP contribution in [0, 0.1) is 5.92 Å². The summed E-state index contributed by atoms with van der Waals surface area (Å²) < 4.78 is 0. The highest BCUT2D eigenvalue weighted by Gasteiger charge is 2.27. The third kappa shape index (κ3) is 5.95. The zero-order chi connectivity index (χ0) is 19.2. The van der Waals surface area contributed by atoms with Crippen LogP contribution >= 0.6 is 12.4 Å². The Morgan fingerprint density at radius 1 is 1.14 bits per heavy atom. The Bertz CT molecular complexity index is 628. The lowest BCUT2D eigenvalue weighted by Crippen LogP contribution is -2.48. The second kappa shape index (κ2) is 11.2. The first kappa shape index (κ1) is 23.2. The summed E-state index contributed by atoms with van der Waals surface area (Å²) >= 11 is 0. The minimum Gasteiger partial charge on any atom is -0.348 e. The zero-order valence-corrected chi connectivity index (χ0v) is 18.6. The quantitative estimate of drug-likeness (QED) is 0.721. The zero-order valence-electron chi connectivity index (χ0n) is 17.8. The van der Waals surface area contributed by atoms with E-state index in [1.54, 1.807) is 0 Å². The van der Waals surface area contributed by atoms with Crippen LogP contribution in [0.5, 0.6) is 0 Å². The van der Waals surface area contributed by atoms with E-state index in [-0.39, 0.29) is 30.4 Å². The van der Waals surface area contributed by atoms with Gasteiger partial charge in [-0.25, -0.2) is 0 Å². The Morgan fingerprint density at radius 2 is 1.82 bits per heavy atom. The summed E-state index contributed by atoms with van der Waals surface area (Å²) in [7, 11) is 2.02. The third-order valence-electron chi connectivity index (χ3n) is 6.61. The molecule has 0 bridgehead atoms. The lowest BCUT2D eigenvalue weighted by atomic mass is 9.89. The molecule has 5 heteroatoms. The van der Waals surface area contributed by atoms with Crippen molar-refractivity contribution in [3.05, 3.63) is 34.9 Å². The molecule has 1 heterocycles. The predicted molar refractivity (Wildman–Crippen MR) is 119 cm³/mol. The Balaban J connectivity index is 0.00000280. The number of halogens is 1. The largest absolute Gasteiger partial charge is 0.348 e. The first-order valence-electron chi connectivity index (χ1n) is 10.9. The van der Waals surface area contributed by atoms with Gasteiger partial charge in [0, 0.05) is 0 Å². The van der Waals surface area contributed by atoms with Crippen LogP contribution in [0.25, 0.3) is 0 Å². The number of benzene rings is 1. The highest BCUT2D eigenvalue weighted by molar-refractivity contribution is 5.85. The van der Waals surface area contributed by atoms with Gasteiger partial charge < -0.3 is 10.6 Å². The van der Waals surface area contributed by atoms with Gasteiger partial charge in [-0.15, -0.1) is 12.4 Å². The SMILES string of the molecule is CNCCC1CCN(C(C)C(=O)NC(C)c2ccc3c(c2)CCCC3)CC1.Cl. The number of carbonyl (C=O) groups excluding carboxylic acids is 1. The van der Waals surface area contributed by atoms with Gasteiger partial charge in [0.1, 0.15) is 0 Å². The van der Waals surface area contributed by atoms with Gasteiger partial charge in [0.05, 0.1) is 12.1 Å². The molecule has 2 aliphatic rings. The highest BCUT2D eigenvalue weighted by atomic mass is 35.5. The van der Waals surface area contributed by atoms with E-state index >= 15 is 0 Å². The fourth-order valence-electron chi connectivity index (χ4n) is 4.58. The molecule has 1 aromatic rings. The van der Waals surface area contributed by atoms with E-state index in [4.69, 9.17) is 0 Å². The Hall–Kier alpha value is -1.10. The van der Waals surface area contributed by atoms with Crippen LogP contribution in [0.1, 0.15) is 68.7 Å². The summed E-state index contributed by atoms with van der Waals surface area (Å²) in [6.07, 6.45) is 8.65. The average molecular weight is 408 g/mol. The molecule has 0 saturated carbocycles. The van der Waals surface area contributed by atoms with Crippen LogP contribution < -0.4 is 10.6 Å². The number of amides is 1. The van der Waals surface area contributed by atoms with Crippen molar-refractivity contribution in [2.24, 2.45) is 5.92 Å². The lowest BCUT2D eigenvalue weighted by molar-refractivity contribution is -0.127. The van der Waals surface area contributed by atoms with Crippen LogP contribution in [0.3, 0.4) is 0 Å². The van der Waals surface area contributed by atoms with Gasteiger partial charge in [-0.1, -0.05) is 18.2 Å². The Kier molecular flexibility index (Phi) is 9.26. The number of hydrogen-bond donors (Lipinski definition) is 2. The fourth-order valence-corrected chi connectivity index (χ4v) is 4.58. The van der Waals surface area contributed by atoms with Crippen LogP contribution in [-0.2, 0) is 17.6 Å². The van der Waals surface area contributed by atoms with Crippen molar-refractivity contribution in [3.8, 4) is 0 Å². The molecule has 158 valence electrons. The van der Waals surface area contributed by atoms with Crippen LogP contribution in [0.2, 0.25) is 0 Å². The molecule has 2 N–H and O–H groups in total. The first-order valence-corrected chi connectivity index (χ1v) is 10.9. The van der Waals surface area contributed by atoms with Crippen LogP contribution in [0.4, 0.5) is 0 Å². The molecule has 1 amide bonds. The van der Waals surface area contributed by atoms with Gasteiger partial charge in [0.15, 0.2) is 0 Å². The molecule has 1 aliphatic heterocycles. The normalized spacial score (nSPS) is 20.0. The fraction of sp³-hybridized carbons (Fsp3) is 0.696. The van der Waals surface area contributed by atoms with Crippen molar-refractivity contribution < 1.29 is 4.79 Å². The first-order chi connectivity index (χ1) is 13.1. The summed E-state index contributed by atoms with van der Waals surface area (Å²) in [5.41, 5.74) is 4.22. The molecule has 2 unspecified atom stereocenters. The molecule has 1 aliphatic carbocycles. The molecule has 2 atom stereocenters. The minimum absolute atomic E-state index is 0. The van der Waals surface area contributed by atoms with Crippen molar-refractivity contribution in [3.63, 3.8) is 0 Å². The summed E-state index contributed by atoms with van der Waals surface area (Å²) in [6.45, 7) is 7.34. The number of nitrogens with zero attached hydrogens (tertiary/aromatic N) is 1. The molecule has 0 aromatic heterocycles. The van der Waals surface area contributed by atoms with E-state index in [0.29, 0.717) is 0 Å². The van der Waals surface area contributed by atoms with E-state index in [2.05, 4.69) is 47.6 Å². The maximum absolute atomic E-state index is 12.8. The number of aryl methyl sites for hydroxylation is 2. The number of piperidine rings is 1. The number of rotatable bonds is 7. The van der Waals surface area contributed by atoms with E-state index < -0.39 is 0 Å². The number of carbonyl (C=O) groups is 1. The summed E-state index contributed by atoms with van der Waals surface area (Å²) in [6, 6.07) is 6.81. The topological polar surface area (TPSA) is 44.4 Å². The summed E-state index contributed by atoms with van der Waals surface area (Å²) in [5, 5.41) is 6.50. The number of likely N-dealkylation sites (tertiary alicyclic amines) is 1. The molecule has 28 heavy (non-hydrogen) atoms. The molecule has 0 spiro atoms. The standard InChI is InChI=1S/C23H37N3O.ClH/c1-17(21-9-8-20-6-4-5-7-22(20)16-21)25-23(27)18(2)26-14-11-19(12-15-26)10-13-24-3;/h8-9,16-19,24H,4-7,10-15H2,1-3H3,(H,25,27);1H. The molecular formula is C23H38ClN3O. The van der Waals surface area contributed by atoms with Crippen molar-refractivity contribution >= 4 is 18.3 Å². The van der Waals surface area contributed by atoms with Gasteiger partial charge in [-0.05, 0) is 108 Å². The van der Waals surface area contributed by atoms with Crippen molar-refractivity contribution in [1.82, 2.24) is 15.5 Å². The van der Waals surface area contributed by atoms with Gasteiger partial charge in [-0.2, -0.15) is 0 Å². The molecule has 0 radical (unpaired) electrons. The minimum atomic E-state index is -0.0460. The van der Waals surface area contributed by atoms with E-state index in [1.807, 2.05) is 7.05 Å². The smallest absolute Gasteiger partial charge is 0.237 e. The molecule has 1 saturated heterocycles. The third-order valence-corrected chi connectivity index (χ3v) is 6.61. The highest BCUT2D eigenvalue weighted by Crippen LogP contribution is 2.25. The number of hydrogen-bond acceptors (Lipinski definition) is 3. The number of nitrogens with one attached hydrogen (secondary N) is 2. The maximum Gasteiger partial charge on any atom is 0.237 e. The molecule has 1 aromatic carbocycles. The second-order valence-electron chi connectivity index (χ2n) is 8.51. The molecular weight excluding hydrogens is 370 g/mol. The van der Waals surface area contributed by atoms with Crippen molar-refractivity contribution in [1.29, 1.82) is 0 Å². The van der Waals surface area contributed by atoms with Gasteiger partial charge in [0.2, 0.25) is 5.91 Å². The lowest BCUT2D eigenvalue weighted by Gasteiger charge is -2.35. The van der Waals surface area contributed by atoms with E-state index in [0.717, 1.165) is 25.6 Å². The Morgan fingerprint density at radius 3 is 2.50 bits per heavy atom. The van der Waals surface area contributed by atoms with Gasteiger partial charge in [0.25, 0.3) is 0 Å².